The van der Waals surface area contributed by atoms with Crippen LogP contribution in [0.2, 0.25) is 0 Å². The van der Waals surface area contributed by atoms with Crippen molar-refractivity contribution in [3.8, 4) is 0 Å². The van der Waals surface area contributed by atoms with Gasteiger partial charge >= 0.3 is 6.18 Å². The number of sulfonamides is 1. The molecule has 0 saturated heterocycles. The Bertz CT molecular complexity index is 1040. The first kappa shape index (κ1) is 24.2. The van der Waals surface area contributed by atoms with Gasteiger partial charge in [0.15, 0.2) is 0 Å². The van der Waals surface area contributed by atoms with Crippen molar-refractivity contribution in [3.05, 3.63) is 59.7 Å². The van der Waals surface area contributed by atoms with Gasteiger partial charge in [-0.15, -0.1) is 0 Å². The fourth-order valence-corrected chi connectivity index (χ4v) is 3.44. The zero-order valence-corrected chi connectivity index (χ0v) is 17.8. The normalized spacial score (nSPS) is 12.2. The highest BCUT2D eigenvalue weighted by atomic mass is 32.2. The molecule has 0 aliphatic heterocycles. The maximum Gasteiger partial charge on any atom is 0.405 e. The van der Waals surface area contributed by atoms with Gasteiger partial charge in [-0.25, -0.2) is 8.42 Å². The highest BCUT2D eigenvalue weighted by Crippen LogP contribution is 2.18. The summed E-state index contributed by atoms with van der Waals surface area (Å²) in [6.07, 6.45) is -4.55. The number of hydrogen-bond acceptors (Lipinski definition) is 4. The smallest absolute Gasteiger partial charge is 0.347 e. The Morgan fingerprint density at radius 2 is 1.32 bits per heavy atom. The maximum atomic E-state index is 12.5. The number of anilines is 1. The van der Waals surface area contributed by atoms with Gasteiger partial charge in [0.2, 0.25) is 0 Å². The summed E-state index contributed by atoms with van der Waals surface area (Å²) >= 11 is 0. The zero-order valence-electron chi connectivity index (χ0n) is 17.0. The topological polar surface area (TPSA) is 104 Å². The minimum atomic E-state index is -4.55. The van der Waals surface area contributed by atoms with E-state index in [1.807, 2.05) is 20.8 Å². The van der Waals surface area contributed by atoms with E-state index in [1.165, 1.54) is 24.3 Å². The fraction of sp³-hybridized carbons (Fsp3) is 0.300. The zero-order chi connectivity index (χ0) is 23.4. The molecule has 3 N–H and O–H groups in total. The molecule has 168 valence electrons. The van der Waals surface area contributed by atoms with E-state index < -0.39 is 34.2 Å². The quantitative estimate of drug-likeness (QED) is 0.619. The third kappa shape index (κ3) is 7.59. The van der Waals surface area contributed by atoms with E-state index in [0.29, 0.717) is 5.56 Å². The molecule has 0 saturated carbocycles. The molecule has 0 aliphatic carbocycles. The monoisotopic (exact) mass is 457 g/mol. The van der Waals surface area contributed by atoms with E-state index in [1.54, 1.807) is 5.32 Å². The predicted octanol–water partition coefficient (Wildman–Crippen LogP) is 3.31. The molecule has 0 spiro atoms. The molecule has 11 heteroatoms. The molecule has 2 amide bonds. The van der Waals surface area contributed by atoms with Gasteiger partial charge in [0.05, 0.1) is 4.90 Å². The van der Waals surface area contributed by atoms with Crippen LogP contribution in [0.15, 0.2) is 53.4 Å². The van der Waals surface area contributed by atoms with Gasteiger partial charge in [-0.2, -0.15) is 13.2 Å². The molecule has 0 aliphatic rings. The fourth-order valence-electron chi connectivity index (χ4n) is 2.38. The minimum Gasteiger partial charge on any atom is -0.347 e. The van der Waals surface area contributed by atoms with E-state index in [9.17, 15) is 31.2 Å². The van der Waals surface area contributed by atoms with Crippen LogP contribution in [0.4, 0.5) is 18.9 Å². The number of hydrogen-bond donors (Lipinski definition) is 3. The number of carbonyl (C=O) groups is 2. The third-order valence-electron chi connectivity index (χ3n) is 3.76. The van der Waals surface area contributed by atoms with E-state index in [4.69, 9.17) is 0 Å². The van der Waals surface area contributed by atoms with Crippen LogP contribution in [0, 0.1) is 0 Å². The Hall–Kier alpha value is -3.08. The molecule has 2 aromatic rings. The van der Waals surface area contributed by atoms with Crippen molar-refractivity contribution in [3.63, 3.8) is 0 Å². The molecule has 0 radical (unpaired) electrons. The Labute approximate surface area is 178 Å². The predicted molar refractivity (Wildman–Crippen MR) is 109 cm³/mol. The van der Waals surface area contributed by atoms with Crippen LogP contribution in [0.25, 0.3) is 0 Å². The molecule has 0 aromatic heterocycles. The second-order valence-electron chi connectivity index (χ2n) is 7.71. The number of alkyl halides is 3. The third-order valence-corrected chi connectivity index (χ3v) is 5.16. The van der Waals surface area contributed by atoms with Gasteiger partial charge in [-0.1, -0.05) is 0 Å². The molecule has 0 fully saturated rings. The molecule has 2 aromatic carbocycles. The molecule has 0 bridgehead atoms. The van der Waals surface area contributed by atoms with E-state index in [-0.39, 0.29) is 22.1 Å². The largest absolute Gasteiger partial charge is 0.405 e. The first-order chi connectivity index (χ1) is 14.2. The van der Waals surface area contributed by atoms with Gasteiger partial charge < -0.3 is 10.6 Å². The summed E-state index contributed by atoms with van der Waals surface area (Å²) in [5, 5.41) is 4.49. The van der Waals surface area contributed by atoms with Crippen molar-refractivity contribution in [1.82, 2.24) is 10.6 Å². The second kappa shape index (κ2) is 8.96. The molecule has 0 unspecified atom stereocenters. The Kier molecular flexibility index (Phi) is 6.99. The van der Waals surface area contributed by atoms with Crippen molar-refractivity contribution in [1.29, 1.82) is 0 Å². The highest BCUT2D eigenvalue weighted by molar-refractivity contribution is 7.92. The van der Waals surface area contributed by atoms with Crippen LogP contribution in [0.5, 0.6) is 0 Å². The SMILES string of the molecule is CC(C)(C)NC(=O)c1ccc(NS(=O)(=O)c2ccc(C(=O)NCC(F)(F)F)cc2)cc1. The van der Waals surface area contributed by atoms with Crippen LogP contribution < -0.4 is 15.4 Å². The van der Waals surface area contributed by atoms with Crippen LogP contribution in [0.1, 0.15) is 41.5 Å². The lowest BCUT2D eigenvalue weighted by molar-refractivity contribution is -0.123. The Morgan fingerprint density at radius 3 is 1.81 bits per heavy atom. The molecular weight excluding hydrogens is 435 g/mol. The van der Waals surface area contributed by atoms with Crippen molar-refractivity contribution in [2.75, 3.05) is 11.3 Å². The van der Waals surface area contributed by atoms with Crippen molar-refractivity contribution in [2.24, 2.45) is 0 Å². The van der Waals surface area contributed by atoms with Crippen molar-refractivity contribution < 1.29 is 31.2 Å². The lowest BCUT2D eigenvalue weighted by Gasteiger charge is -2.20. The lowest BCUT2D eigenvalue weighted by Crippen LogP contribution is -2.40. The first-order valence-electron chi connectivity index (χ1n) is 9.07. The number of benzene rings is 2. The number of halogens is 3. The number of amides is 2. The lowest BCUT2D eigenvalue weighted by atomic mass is 10.1. The van der Waals surface area contributed by atoms with E-state index >= 15 is 0 Å². The highest BCUT2D eigenvalue weighted by Gasteiger charge is 2.28. The maximum absolute atomic E-state index is 12.5. The van der Waals surface area contributed by atoms with Crippen molar-refractivity contribution >= 4 is 27.5 Å². The average molecular weight is 457 g/mol. The van der Waals surface area contributed by atoms with Gasteiger partial charge in [0.1, 0.15) is 6.54 Å². The van der Waals surface area contributed by atoms with E-state index in [2.05, 4.69) is 10.0 Å². The Balaban J connectivity index is 2.07. The van der Waals surface area contributed by atoms with Gasteiger partial charge in [0.25, 0.3) is 21.8 Å². The van der Waals surface area contributed by atoms with Crippen molar-refractivity contribution in [2.45, 2.75) is 37.4 Å². The summed E-state index contributed by atoms with van der Waals surface area (Å²) < 4.78 is 63.9. The average Bonchev–Trinajstić information content (AvgIpc) is 2.64. The van der Waals surface area contributed by atoms with Crippen LogP contribution >= 0.6 is 0 Å². The molecule has 2 rings (SSSR count). The molecule has 0 heterocycles. The Morgan fingerprint density at radius 1 is 0.839 bits per heavy atom. The number of rotatable bonds is 6. The molecular formula is C20H22F3N3O4S. The molecule has 7 nitrogen and oxygen atoms in total. The minimum absolute atomic E-state index is 0.114. The van der Waals surface area contributed by atoms with Gasteiger partial charge in [-0.05, 0) is 69.3 Å². The standard InChI is InChI=1S/C20H22F3N3O4S/c1-19(2,3)25-18(28)14-4-8-15(9-5-14)26-31(29,30)16-10-6-13(7-11-16)17(27)24-12-20(21,22)23/h4-11,26H,12H2,1-3H3,(H,24,27)(H,25,28). The van der Waals surface area contributed by atoms with E-state index in [0.717, 1.165) is 24.3 Å². The first-order valence-corrected chi connectivity index (χ1v) is 10.5. The molecule has 31 heavy (non-hydrogen) atoms. The van der Waals surface area contributed by atoms with Crippen LogP contribution in [-0.2, 0) is 10.0 Å². The summed E-state index contributed by atoms with van der Waals surface area (Å²) in [5.74, 6) is -1.28. The summed E-state index contributed by atoms with van der Waals surface area (Å²) in [6.45, 7) is 4.01. The molecule has 0 atom stereocenters. The van der Waals surface area contributed by atoms with Crippen LogP contribution in [0.3, 0.4) is 0 Å². The summed E-state index contributed by atoms with van der Waals surface area (Å²) in [5.41, 5.74) is 0.0245. The second-order valence-corrected chi connectivity index (χ2v) is 9.39. The van der Waals surface area contributed by atoms with Crippen LogP contribution in [-0.4, -0.2) is 38.5 Å². The summed E-state index contributed by atoms with van der Waals surface area (Å²) in [6, 6.07) is 10.2. The summed E-state index contributed by atoms with van der Waals surface area (Å²) in [4.78, 5) is 23.6. The number of carbonyl (C=O) groups excluding carboxylic acids is 2. The van der Waals surface area contributed by atoms with Gasteiger partial charge in [0, 0.05) is 22.4 Å². The summed E-state index contributed by atoms with van der Waals surface area (Å²) in [7, 11) is -4.02. The van der Waals surface area contributed by atoms with Gasteiger partial charge in [-0.3, -0.25) is 14.3 Å². The number of nitrogens with one attached hydrogen (secondary N) is 3.